The molecule has 0 aromatic rings. The van der Waals surface area contributed by atoms with Gasteiger partial charge in [0.2, 0.25) is 0 Å². The third-order valence-electron chi connectivity index (χ3n) is 3.16. The van der Waals surface area contributed by atoms with Gasteiger partial charge in [0.05, 0.1) is 0 Å². The van der Waals surface area contributed by atoms with Crippen LogP contribution >= 0.6 is 15.2 Å². The summed E-state index contributed by atoms with van der Waals surface area (Å²) in [5, 5.41) is 5.78. The predicted octanol–water partition coefficient (Wildman–Crippen LogP) is -13.6. The summed E-state index contributed by atoms with van der Waals surface area (Å²) in [6.07, 6.45) is 2.70. The van der Waals surface area contributed by atoms with Gasteiger partial charge in [-0.1, -0.05) is 32.1 Å². The second kappa shape index (κ2) is 13.4. The molecular formula is C8H14Na4O7P2. The Labute approximate surface area is 213 Å². The van der Waals surface area contributed by atoms with Gasteiger partial charge in [0.15, 0.2) is 0 Å². The van der Waals surface area contributed by atoms with Gasteiger partial charge in [-0.15, -0.1) is 0 Å². The van der Waals surface area contributed by atoms with Crippen LogP contribution in [0.25, 0.3) is 0 Å². The van der Waals surface area contributed by atoms with Gasteiger partial charge in [0, 0.05) is 0 Å². The molecular weight excluding hydrogens is 362 g/mol. The molecule has 0 aromatic carbocycles. The fourth-order valence-corrected chi connectivity index (χ4v) is 4.32. The van der Waals surface area contributed by atoms with Crippen molar-refractivity contribution in [3.8, 4) is 0 Å². The van der Waals surface area contributed by atoms with Gasteiger partial charge in [-0.2, -0.15) is 0 Å². The molecule has 0 aliphatic heterocycles. The number of hydrogen-bond donors (Lipinski definition) is 1. The molecule has 21 heavy (non-hydrogen) atoms. The molecule has 0 spiro atoms. The zero-order chi connectivity index (χ0) is 13.3. The van der Waals surface area contributed by atoms with Crippen LogP contribution in [0.4, 0.5) is 0 Å². The monoisotopic (exact) mass is 376 g/mol. The average molecular weight is 376 g/mol. The average Bonchev–Trinajstić information content (AvgIpc) is 2.15. The molecule has 1 saturated carbocycles. The van der Waals surface area contributed by atoms with Crippen LogP contribution < -0.4 is 138 Å². The van der Waals surface area contributed by atoms with Gasteiger partial charge in [0.1, 0.15) is 5.08 Å². The molecule has 0 radical (unpaired) electrons. The van der Waals surface area contributed by atoms with Crippen molar-refractivity contribution in [1.29, 1.82) is 0 Å². The largest absolute Gasteiger partial charge is 1.00 e. The molecule has 0 aromatic heterocycles. The summed E-state index contributed by atoms with van der Waals surface area (Å²) in [5.74, 6) is -0.416. The number of hydrogen-bond acceptors (Lipinski definition) is 7. The molecule has 0 bridgehead atoms. The van der Waals surface area contributed by atoms with Crippen molar-refractivity contribution in [3.63, 3.8) is 0 Å². The maximum absolute atomic E-state index is 10.8. The van der Waals surface area contributed by atoms with Crippen molar-refractivity contribution in [2.75, 3.05) is 0 Å². The first-order chi connectivity index (χ1) is 7.58. The van der Waals surface area contributed by atoms with E-state index in [1.54, 1.807) is 0 Å². The van der Waals surface area contributed by atoms with E-state index in [0.29, 0.717) is 12.8 Å². The van der Waals surface area contributed by atoms with Gasteiger partial charge >= 0.3 is 118 Å². The van der Waals surface area contributed by atoms with Crippen LogP contribution in [0.15, 0.2) is 0 Å². The minimum Gasteiger partial charge on any atom is -0.808 e. The van der Waals surface area contributed by atoms with E-state index in [1.165, 1.54) is 0 Å². The first-order valence-corrected chi connectivity index (χ1v) is 8.43. The van der Waals surface area contributed by atoms with E-state index in [4.69, 9.17) is 0 Å². The van der Waals surface area contributed by atoms with E-state index >= 15 is 0 Å². The maximum Gasteiger partial charge on any atom is 1.00 e. The quantitative estimate of drug-likeness (QED) is 0.379. The molecule has 0 amide bonds. The van der Waals surface area contributed by atoms with Gasteiger partial charge in [-0.05, 0) is 27.5 Å². The summed E-state index contributed by atoms with van der Waals surface area (Å²) < 4.78 is 21.6. The minimum atomic E-state index is -5.91. The van der Waals surface area contributed by atoms with Crippen molar-refractivity contribution in [2.45, 2.75) is 43.6 Å². The topological polar surface area (TPSA) is 147 Å². The fraction of sp³-hybridized carbons (Fsp3) is 1.00. The number of rotatable bonds is 4. The summed E-state index contributed by atoms with van der Waals surface area (Å²) in [4.78, 5) is 43.3. The Morgan fingerprint density at radius 3 is 1.48 bits per heavy atom. The Kier molecular flexibility index (Phi) is 21.0. The second-order valence-electron chi connectivity index (χ2n) is 4.48. The van der Waals surface area contributed by atoms with E-state index in [1.807, 2.05) is 0 Å². The van der Waals surface area contributed by atoms with Gasteiger partial charge < -0.3 is 33.8 Å². The molecule has 1 N–H and O–H groups in total. The van der Waals surface area contributed by atoms with Crippen molar-refractivity contribution < 1.29 is 152 Å². The van der Waals surface area contributed by atoms with E-state index in [9.17, 15) is 33.8 Å². The summed E-state index contributed by atoms with van der Waals surface area (Å²) >= 11 is 0. The van der Waals surface area contributed by atoms with Crippen LogP contribution in [0.2, 0.25) is 0 Å². The van der Waals surface area contributed by atoms with Gasteiger partial charge in [-0.25, -0.2) is 0 Å². The molecule has 1 aliphatic carbocycles. The van der Waals surface area contributed by atoms with Crippen LogP contribution in [0.1, 0.15) is 38.5 Å². The van der Waals surface area contributed by atoms with Crippen LogP contribution in [-0.4, -0.2) is 10.2 Å². The van der Waals surface area contributed by atoms with Crippen LogP contribution in [0.5, 0.6) is 0 Å². The molecule has 7 nitrogen and oxygen atoms in total. The maximum atomic E-state index is 10.8. The third-order valence-corrected chi connectivity index (χ3v) is 6.75. The van der Waals surface area contributed by atoms with E-state index < -0.39 is 32.6 Å². The van der Waals surface area contributed by atoms with Crippen molar-refractivity contribution in [1.82, 2.24) is 0 Å². The molecule has 0 unspecified atom stereocenters. The van der Waals surface area contributed by atoms with Crippen molar-refractivity contribution in [3.05, 3.63) is 0 Å². The molecule has 1 aliphatic rings. The summed E-state index contributed by atoms with van der Waals surface area (Å²) in [7, 11) is -11.8. The molecule has 0 atom stereocenters. The van der Waals surface area contributed by atoms with E-state index in [0.717, 1.165) is 19.3 Å². The van der Waals surface area contributed by atoms with Crippen molar-refractivity contribution in [2.24, 2.45) is 5.92 Å². The molecule has 0 heterocycles. The van der Waals surface area contributed by atoms with Gasteiger partial charge in [-0.3, -0.25) is 0 Å². The Hall–Kier alpha value is 4.26. The van der Waals surface area contributed by atoms with Crippen molar-refractivity contribution >= 4 is 15.2 Å². The Morgan fingerprint density at radius 2 is 1.19 bits per heavy atom. The van der Waals surface area contributed by atoms with E-state index in [2.05, 4.69) is 0 Å². The van der Waals surface area contributed by atoms with Crippen LogP contribution in [-0.2, 0) is 9.13 Å². The smallest absolute Gasteiger partial charge is 0.808 e. The molecule has 13 heteroatoms. The first kappa shape index (κ1) is 32.9. The van der Waals surface area contributed by atoms with E-state index in [-0.39, 0.29) is 118 Å². The molecule has 1 fully saturated rings. The minimum absolute atomic E-state index is 0. The first-order valence-electron chi connectivity index (χ1n) is 5.34. The standard InChI is InChI=1S/C8H18O7P2.4Na/c9-8(16(10,11)12,17(13,14)15)6-7-4-2-1-3-5-7;;;;/h7,9H,1-6H2,(H2,10,11,12)(H2,13,14,15);;;;/q;4*+1/p-4. The number of aliphatic hydroxyl groups is 1. The molecule has 1 rings (SSSR count). The normalized spacial score (nSPS) is 16.6. The zero-order valence-corrected chi connectivity index (χ0v) is 22.9. The second-order valence-corrected chi connectivity index (χ2v) is 8.30. The van der Waals surface area contributed by atoms with Crippen LogP contribution in [0.3, 0.4) is 0 Å². The summed E-state index contributed by atoms with van der Waals surface area (Å²) in [5.41, 5.74) is 0. The SMILES string of the molecule is O=P([O-])([O-])C(O)(CC1CCCCC1)P(=O)([O-])[O-].[Na+].[Na+].[Na+].[Na+]. The third kappa shape index (κ3) is 9.67. The summed E-state index contributed by atoms with van der Waals surface area (Å²) in [6, 6.07) is 0. The molecule has 0 saturated heterocycles. The Morgan fingerprint density at radius 1 is 0.857 bits per heavy atom. The zero-order valence-electron chi connectivity index (χ0n) is 13.1. The Balaban J connectivity index is -0.000000361. The molecule has 102 valence electrons. The Bertz CT molecular complexity index is 344. The summed E-state index contributed by atoms with van der Waals surface area (Å²) in [6.45, 7) is 0. The van der Waals surface area contributed by atoms with Gasteiger partial charge in [0.25, 0.3) is 0 Å². The van der Waals surface area contributed by atoms with Crippen LogP contribution in [0, 0.1) is 5.92 Å². The predicted molar refractivity (Wildman–Crippen MR) is 51.4 cm³/mol. The fourth-order valence-electron chi connectivity index (χ4n) is 2.15.